The van der Waals surface area contributed by atoms with Gasteiger partial charge in [-0.25, -0.2) is 0 Å². The number of nitrogens with zero attached hydrogens (tertiary/aromatic N) is 1. The first-order chi connectivity index (χ1) is 8.91. The molecule has 19 heavy (non-hydrogen) atoms. The Morgan fingerprint density at radius 3 is 2.58 bits per heavy atom. The highest BCUT2D eigenvalue weighted by atomic mass is 19.4. The molecular weight excluding hydrogens is 265 g/mol. The fraction of sp³-hybridized carbons (Fsp3) is 0.364. The molecule has 2 rings (SSSR count). The van der Waals surface area contributed by atoms with Gasteiger partial charge in [0.2, 0.25) is 0 Å². The van der Waals surface area contributed by atoms with Gasteiger partial charge < -0.3 is 20.4 Å². The molecular formula is C11H11F3N2O3. The lowest BCUT2D eigenvalue weighted by Crippen LogP contribution is -2.39. The monoisotopic (exact) mass is 276 g/mol. The SMILES string of the molecule is N/C(=N/O)c1cc(C(F)(F)F)ccc1OC1COC1. The van der Waals surface area contributed by atoms with Gasteiger partial charge in [-0.2, -0.15) is 13.2 Å². The second-order valence-corrected chi connectivity index (χ2v) is 3.97. The van der Waals surface area contributed by atoms with E-state index in [4.69, 9.17) is 20.4 Å². The summed E-state index contributed by atoms with van der Waals surface area (Å²) in [5.41, 5.74) is 4.36. The minimum Gasteiger partial charge on any atom is -0.485 e. The molecule has 0 spiro atoms. The van der Waals surface area contributed by atoms with E-state index >= 15 is 0 Å². The van der Waals surface area contributed by atoms with Crippen LogP contribution in [0, 0.1) is 0 Å². The Hall–Kier alpha value is -1.96. The third-order valence-corrected chi connectivity index (χ3v) is 2.59. The van der Waals surface area contributed by atoms with E-state index in [0.717, 1.165) is 18.2 Å². The van der Waals surface area contributed by atoms with Gasteiger partial charge in [-0.3, -0.25) is 0 Å². The van der Waals surface area contributed by atoms with Crippen molar-refractivity contribution in [3.63, 3.8) is 0 Å². The second kappa shape index (κ2) is 4.96. The zero-order valence-electron chi connectivity index (χ0n) is 9.65. The summed E-state index contributed by atoms with van der Waals surface area (Å²) in [7, 11) is 0. The first kappa shape index (κ1) is 13.5. The third-order valence-electron chi connectivity index (χ3n) is 2.59. The van der Waals surface area contributed by atoms with Crippen molar-refractivity contribution in [2.45, 2.75) is 12.3 Å². The molecule has 0 unspecified atom stereocenters. The van der Waals surface area contributed by atoms with Crippen molar-refractivity contribution in [2.24, 2.45) is 10.9 Å². The summed E-state index contributed by atoms with van der Waals surface area (Å²) >= 11 is 0. The third kappa shape index (κ3) is 2.90. The van der Waals surface area contributed by atoms with E-state index in [-0.39, 0.29) is 17.4 Å². The lowest BCUT2D eigenvalue weighted by Gasteiger charge is -2.27. The minimum atomic E-state index is -4.51. The van der Waals surface area contributed by atoms with Crippen molar-refractivity contribution >= 4 is 5.84 Å². The lowest BCUT2D eigenvalue weighted by molar-refractivity contribution is -0.137. The van der Waals surface area contributed by atoms with Crippen LogP contribution in [0.25, 0.3) is 0 Å². The van der Waals surface area contributed by atoms with Gasteiger partial charge >= 0.3 is 6.18 Å². The fourth-order valence-electron chi connectivity index (χ4n) is 1.52. The Labute approximate surface area is 106 Å². The average Bonchev–Trinajstić information content (AvgIpc) is 2.31. The predicted octanol–water partition coefficient (Wildman–Crippen LogP) is 1.58. The Morgan fingerprint density at radius 1 is 1.42 bits per heavy atom. The second-order valence-electron chi connectivity index (χ2n) is 3.97. The zero-order valence-corrected chi connectivity index (χ0v) is 9.65. The van der Waals surface area contributed by atoms with Crippen LogP contribution in [0.2, 0.25) is 0 Å². The molecule has 1 aromatic rings. The number of hydrogen-bond acceptors (Lipinski definition) is 4. The van der Waals surface area contributed by atoms with E-state index in [0.29, 0.717) is 13.2 Å². The van der Waals surface area contributed by atoms with E-state index in [1.807, 2.05) is 0 Å². The normalized spacial score (nSPS) is 17.1. The molecule has 0 saturated carbocycles. The number of rotatable bonds is 3. The molecule has 3 N–H and O–H groups in total. The topological polar surface area (TPSA) is 77.1 Å². The molecule has 0 amide bonds. The highest BCUT2D eigenvalue weighted by Gasteiger charge is 2.32. The van der Waals surface area contributed by atoms with Crippen molar-refractivity contribution in [3.8, 4) is 5.75 Å². The predicted molar refractivity (Wildman–Crippen MR) is 59.2 cm³/mol. The van der Waals surface area contributed by atoms with E-state index < -0.39 is 17.6 Å². The van der Waals surface area contributed by atoms with Gasteiger partial charge in [0.05, 0.1) is 24.3 Å². The molecule has 1 fully saturated rings. The standard InChI is InChI=1S/C11H11F3N2O3/c12-11(13,14)6-1-2-9(19-7-4-18-5-7)8(3-6)10(15)16-17/h1-3,7,17H,4-5H2,(H2,15,16). The Kier molecular flexibility index (Phi) is 3.52. The average molecular weight is 276 g/mol. The zero-order chi connectivity index (χ0) is 14.0. The van der Waals surface area contributed by atoms with Crippen LogP contribution in [0.1, 0.15) is 11.1 Å². The molecule has 8 heteroatoms. The minimum absolute atomic E-state index is 0.107. The van der Waals surface area contributed by atoms with Gasteiger partial charge in [0.25, 0.3) is 0 Å². The number of hydrogen-bond donors (Lipinski definition) is 2. The van der Waals surface area contributed by atoms with Crippen LogP contribution in [0.5, 0.6) is 5.75 Å². The van der Waals surface area contributed by atoms with Gasteiger partial charge in [0.1, 0.15) is 11.9 Å². The summed E-state index contributed by atoms with van der Waals surface area (Å²) in [5, 5.41) is 11.3. The lowest BCUT2D eigenvalue weighted by atomic mass is 10.1. The van der Waals surface area contributed by atoms with Crippen LogP contribution < -0.4 is 10.5 Å². The van der Waals surface area contributed by atoms with Gasteiger partial charge in [-0.05, 0) is 18.2 Å². The number of nitrogens with two attached hydrogens (primary N) is 1. The summed E-state index contributed by atoms with van der Waals surface area (Å²) in [6.45, 7) is 0.716. The molecule has 1 aliphatic rings. The Balaban J connectivity index is 2.36. The Bertz CT molecular complexity index is 498. The first-order valence-corrected chi connectivity index (χ1v) is 5.35. The molecule has 0 bridgehead atoms. The van der Waals surface area contributed by atoms with Crippen molar-refractivity contribution in [1.29, 1.82) is 0 Å². The number of alkyl halides is 3. The maximum atomic E-state index is 12.6. The summed E-state index contributed by atoms with van der Waals surface area (Å²) in [6, 6.07) is 2.81. The van der Waals surface area contributed by atoms with Gasteiger partial charge in [0.15, 0.2) is 5.84 Å². The van der Waals surface area contributed by atoms with Crippen LogP contribution in [0.3, 0.4) is 0 Å². The van der Waals surface area contributed by atoms with Crippen molar-refractivity contribution in [2.75, 3.05) is 13.2 Å². The molecule has 1 saturated heterocycles. The van der Waals surface area contributed by atoms with Crippen molar-refractivity contribution in [1.82, 2.24) is 0 Å². The molecule has 0 aromatic heterocycles. The smallest absolute Gasteiger partial charge is 0.416 e. The van der Waals surface area contributed by atoms with E-state index in [9.17, 15) is 13.2 Å². The maximum absolute atomic E-state index is 12.6. The summed E-state index contributed by atoms with van der Waals surface area (Å²) in [5.74, 6) is -0.321. The number of ether oxygens (including phenoxy) is 2. The van der Waals surface area contributed by atoms with Gasteiger partial charge in [0, 0.05) is 0 Å². The molecule has 1 heterocycles. The number of halogens is 3. The first-order valence-electron chi connectivity index (χ1n) is 5.35. The van der Waals surface area contributed by atoms with Crippen LogP contribution in [-0.2, 0) is 10.9 Å². The number of benzene rings is 1. The molecule has 0 aliphatic carbocycles. The number of amidine groups is 1. The van der Waals surface area contributed by atoms with Crippen molar-refractivity contribution in [3.05, 3.63) is 29.3 Å². The van der Waals surface area contributed by atoms with Crippen LogP contribution in [-0.4, -0.2) is 30.4 Å². The van der Waals surface area contributed by atoms with Crippen LogP contribution in [0.4, 0.5) is 13.2 Å². The van der Waals surface area contributed by atoms with Crippen LogP contribution >= 0.6 is 0 Å². The fourth-order valence-corrected chi connectivity index (χ4v) is 1.52. The number of oxime groups is 1. The largest absolute Gasteiger partial charge is 0.485 e. The van der Waals surface area contributed by atoms with Crippen molar-refractivity contribution < 1.29 is 27.9 Å². The molecule has 0 atom stereocenters. The molecule has 1 aromatic carbocycles. The van der Waals surface area contributed by atoms with Gasteiger partial charge in [-0.1, -0.05) is 5.16 Å². The highest BCUT2D eigenvalue weighted by molar-refractivity contribution is 5.99. The summed E-state index contributed by atoms with van der Waals surface area (Å²) < 4.78 is 48.1. The Morgan fingerprint density at radius 2 is 2.11 bits per heavy atom. The van der Waals surface area contributed by atoms with E-state index in [1.165, 1.54) is 0 Å². The summed E-state index contributed by atoms with van der Waals surface area (Å²) in [4.78, 5) is 0. The molecule has 1 aliphatic heterocycles. The summed E-state index contributed by atoms with van der Waals surface area (Å²) in [6.07, 6.45) is -4.75. The maximum Gasteiger partial charge on any atom is 0.416 e. The van der Waals surface area contributed by atoms with E-state index in [1.54, 1.807) is 0 Å². The molecule has 5 nitrogen and oxygen atoms in total. The molecule has 0 radical (unpaired) electrons. The van der Waals surface area contributed by atoms with Crippen LogP contribution in [0.15, 0.2) is 23.4 Å². The van der Waals surface area contributed by atoms with E-state index in [2.05, 4.69) is 5.16 Å². The van der Waals surface area contributed by atoms with Gasteiger partial charge in [-0.15, -0.1) is 0 Å². The highest BCUT2D eigenvalue weighted by Crippen LogP contribution is 2.33. The quantitative estimate of drug-likeness (QED) is 0.380. The molecule has 104 valence electrons.